The molecule has 0 amide bonds. The van der Waals surface area contributed by atoms with Crippen molar-refractivity contribution in [2.45, 2.75) is 44.4 Å². The smallest absolute Gasteiger partial charge is 0.216 e. The number of aryl methyl sites for hydroxylation is 1. The Bertz CT molecular complexity index is 801. The largest absolute Gasteiger partial charge is 0.385 e. The summed E-state index contributed by atoms with van der Waals surface area (Å²) in [5.41, 5.74) is 0.703. The maximum absolute atomic E-state index is 12.8. The molecule has 1 aromatic heterocycles. The summed E-state index contributed by atoms with van der Waals surface area (Å²) in [6.45, 7) is 8.59. The van der Waals surface area contributed by atoms with Crippen LogP contribution in [0.1, 0.15) is 25.0 Å². The highest BCUT2D eigenvalue weighted by atomic mass is 32.2. The van der Waals surface area contributed by atoms with Gasteiger partial charge in [0.15, 0.2) is 0 Å². The van der Waals surface area contributed by atoms with Gasteiger partial charge in [-0.15, -0.1) is 5.10 Å². The predicted octanol–water partition coefficient (Wildman–Crippen LogP) is -0.460. The maximum Gasteiger partial charge on any atom is 0.216 e. The van der Waals surface area contributed by atoms with Crippen LogP contribution < -0.4 is 0 Å². The topological polar surface area (TPSA) is 87.0 Å². The minimum atomic E-state index is -3.26. The minimum absolute atomic E-state index is 0.0707. The van der Waals surface area contributed by atoms with Gasteiger partial charge in [-0.3, -0.25) is 14.5 Å². The number of hydrogen-bond acceptors (Lipinski definition) is 8. The van der Waals surface area contributed by atoms with E-state index in [2.05, 4.69) is 32.1 Å². The minimum Gasteiger partial charge on any atom is -0.385 e. The molecule has 1 aromatic rings. The number of methoxy groups -OCH3 is 1. The molecule has 3 saturated heterocycles. The molecule has 31 heavy (non-hydrogen) atoms. The van der Waals surface area contributed by atoms with Crippen LogP contribution in [0.4, 0.5) is 0 Å². The van der Waals surface area contributed by atoms with Gasteiger partial charge in [0, 0.05) is 71.3 Å². The second-order valence-electron chi connectivity index (χ2n) is 9.15. The number of rotatable bonds is 8. The molecular formula is C20H37N7O3S. The first-order chi connectivity index (χ1) is 14.9. The lowest BCUT2D eigenvalue weighted by Gasteiger charge is -2.43. The molecule has 0 N–H and O–H groups in total. The number of piperidine rings is 1. The Labute approximate surface area is 186 Å². The summed E-state index contributed by atoms with van der Waals surface area (Å²) in [6.07, 6.45) is 5.19. The van der Waals surface area contributed by atoms with Gasteiger partial charge in [-0.2, -0.15) is 4.31 Å². The van der Waals surface area contributed by atoms with Gasteiger partial charge in [0.2, 0.25) is 10.0 Å². The van der Waals surface area contributed by atoms with E-state index in [1.54, 1.807) is 16.1 Å². The molecule has 4 heterocycles. The van der Waals surface area contributed by atoms with Gasteiger partial charge >= 0.3 is 0 Å². The predicted molar refractivity (Wildman–Crippen MR) is 118 cm³/mol. The zero-order valence-corrected chi connectivity index (χ0v) is 19.7. The summed E-state index contributed by atoms with van der Waals surface area (Å²) in [7, 11) is 0.613. The summed E-state index contributed by atoms with van der Waals surface area (Å²) in [5.74, 6) is 0.212. The molecule has 176 valence electrons. The van der Waals surface area contributed by atoms with E-state index in [-0.39, 0.29) is 11.8 Å². The van der Waals surface area contributed by atoms with Crippen molar-refractivity contribution in [1.82, 2.24) is 34.0 Å². The molecule has 10 nitrogen and oxygen atoms in total. The standard InChI is InChI=1S/C20H37N7O3S/c1-23-7-4-19(5-8-23)24-9-11-25(12-10-24)20-16-27(31(28,29)17-20)15-18-14-26(22-21-18)6-3-13-30-2/h14,19-20H,3-13,15-17H2,1-2H3. The van der Waals surface area contributed by atoms with E-state index in [1.165, 1.54) is 25.9 Å². The van der Waals surface area contributed by atoms with E-state index < -0.39 is 10.0 Å². The summed E-state index contributed by atoms with van der Waals surface area (Å²) >= 11 is 0. The molecule has 11 heteroatoms. The summed E-state index contributed by atoms with van der Waals surface area (Å²) in [4.78, 5) is 7.40. The average molecular weight is 456 g/mol. The molecule has 1 unspecified atom stereocenters. The number of sulfonamides is 1. The van der Waals surface area contributed by atoms with E-state index in [0.29, 0.717) is 31.4 Å². The Kier molecular flexibility index (Phi) is 7.60. The fourth-order valence-electron chi connectivity index (χ4n) is 5.03. The maximum atomic E-state index is 12.8. The normalized spacial score (nSPS) is 27.2. The highest BCUT2D eigenvalue weighted by Crippen LogP contribution is 2.24. The molecule has 4 rings (SSSR count). The number of piperazine rings is 1. The lowest BCUT2D eigenvalue weighted by atomic mass is 10.0. The molecule has 0 bridgehead atoms. The first-order valence-corrected chi connectivity index (χ1v) is 13.1. The van der Waals surface area contributed by atoms with Crippen molar-refractivity contribution in [1.29, 1.82) is 0 Å². The number of likely N-dealkylation sites (tertiary alicyclic amines) is 1. The van der Waals surface area contributed by atoms with Crippen molar-refractivity contribution in [2.75, 3.05) is 72.3 Å². The fourth-order valence-corrected chi connectivity index (χ4v) is 6.77. The molecule has 3 aliphatic heterocycles. The highest BCUT2D eigenvalue weighted by Gasteiger charge is 2.40. The van der Waals surface area contributed by atoms with Crippen molar-refractivity contribution in [3.63, 3.8) is 0 Å². The number of aromatic nitrogens is 3. The van der Waals surface area contributed by atoms with Gasteiger partial charge in [-0.25, -0.2) is 8.42 Å². The highest BCUT2D eigenvalue weighted by molar-refractivity contribution is 7.89. The van der Waals surface area contributed by atoms with Gasteiger partial charge in [0.25, 0.3) is 0 Å². The van der Waals surface area contributed by atoms with Gasteiger partial charge < -0.3 is 9.64 Å². The third-order valence-electron chi connectivity index (χ3n) is 6.94. The van der Waals surface area contributed by atoms with Crippen LogP contribution in [0.5, 0.6) is 0 Å². The van der Waals surface area contributed by atoms with Crippen LogP contribution in [0.2, 0.25) is 0 Å². The molecular weight excluding hydrogens is 418 g/mol. The fraction of sp³-hybridized carbons (Fsp3) is 0.900. The van der Waals surface area contributed by atoms with Crippen LogP contribution in [-0.2, 0) is 27.8 Å². The van der Waals surface area contributed by atoms with Crippen molar-refractivity contribution < 1.29 is 13.2 Å². The lowest BCUT2D eigenvalue weighted by molar-refractivity contribution is 0.0496. The SMILES string of the molecule is COCCCn1cc(CN2CC(N3CCN(C4CCN(C)CC4)CC3)CS2(=O)=O)nn1. The Morgan fingerprint density at radius 1 is 1.06 bits per heavy atom. The van der Waals surface area contributed by atoms with Crippen molar-refractivity contribution in [3.8, 4) is 0 Å². The summed E-state index contributed by atoms with van der Waals surface area (Å²) in [6, 6.07) is 0.759. The molecule has 0 aromatic carbocycles. The number of hydrogen-bond donors (Lipinski definition) is 0. The third-order valence-corrected chi connectivity index (χ3v) is 8.81. The van der Waals surface area contributed by atoms with Gasteiger partial charge in [0.1, 0.15) is 0 Å². The Hall–Kier alpha value is -1.11. The molecule has 0 spiro atoms. The van der Waals surface area contributed by atoms with Gasteiger partial charge in [0.05, 0.1) is 18.0 Å². The monoisotopic (exact) mass is 455 g/mol. The zero-order valence-electron chi connectivity index (χ0n) is 18.9. The second-order valence-corrected chi connectivity index (χ2v) is 11.2. The van der Waals surface area contributed by atoms with E-state index in [1.807, 2.05) is 6.20 Å². The molecule has 0 saturated carbocycles. The van der Waals surface area contributed by atoms with E-state index in [4.69, 9.17) is 4.74 Å². The van der Waals surface area contributed by atoms with Crippen LogP contribution in [0.25, 0.3) is 0 Å². The summed E-state index contributed by atoms with van der Waals surface area (Å²) < 4.78 is 34.0. The van der Waals surface area contributed by atoms with Crippen molar-refractivity contribution in [3.05, 3.63) is 11.9 Å². The van der Waals surface area contributed by atoms with E-state index in [0.717, 1.165) is 39.1 Å². The Morgan fingerprint density at radius 3 is 2.42 bits per heavy atom. The van der Waals surface area contributed by atoms with Crippen LogP contribution >= 0.6 is 0 Å². The van der Waals surface area contributed by atoms with Crippen molar-refractivity contribution in [2.24, 2.45) is 0 Å². The molecule has 0 aliphatic carbocycles. The van der Waals surface area contributed by atoms with Crippen LogP contribution in [0.15, 0.2) is 6.20 Å². The molecule has 3 aliphatic rings. The van der Waals surface area contributed by atoms with Crippen LogP contribution in [-0.4, -0.2) is 127 Å². The lowest BCUT2D eigenvalue weighted by Crippen LogP contribution is -2.55. The molecule has 0 radical (unpaired) electrons. The van der Waals surface area contributed by atoms with Crippen molar-refractivity contribution >= 4 is 10.0 Å². The van der Waals surface area contributed by atoms with E-state index in [9.17, 15) is 8.42 Å². The van der Waals surface area contributed by atoms with Gasteiger partial charge in [-0.1, -0.05) is 5.21 Å². The quantitative estimate of drug-likeness (QED) is 0.487. The Balaban J connectivity index is 1.27. The number of ether oxygens (including phenoxy) is 1. The molecule has 1 atom stereocenters. The zero-order chi connectivity index (χ0) is 21.8. The first kappa shape index (κ1) is 23.1. The third kappa shape index (κ3) is 5.82. The first-order valence-electron chi connectivity index (χ1n) is 11.5. The molecule has 3 fully saturated rings. The number of nitrogens with zero attached hydrogens (tertiary/aromatic N) is 7. The van der Waals surface area contributed by atoms with E-state index >= 15 is 0 Å². The van der Waals surface area contributed by atoms with Crippen LogP contribution in [0, 0.1) is 0 Å². The second kappa shape index (κ2) is 10.2. The van der Waals surface area contributed by atoms with Gasteiger partial charge in [-0.05, 0) is 39.4 Å². The average Bonchev–Trinajstić information content (AvgIpc) is 3.33. The summed E-state index contributed by atoms with van der Waals surface area (Å²) in [5, 5.41) is 8.29. The Morgan fingerprint density at radius 2 is 1.74 bits per heavy atom. The van der Waals surface area contributed by atoms with Crippen LogP contribution in [0.3, 0.4) is 0 Å².